The van der Waals surface area contributed by atoms with Gasteiger partial charge in [-0.3, -0.25) is 0 Å². The molecule has 72 valence electrons. The summed E-state index contributed by atoms with van der Waals surface area (Å²) in [5.41, 5.74) is 5.61. The molecule has 0 aromatic heterocycles. The van der Waals surface area contributed by atoms with E-state index in [1.165, 1.54) is 22.3 Å². The number of rotatable bonds is 3. The summed E-state index contributed by atoms with van der Waals surface area (Å²) in [5, 5.41) is 0. The van der Waals surface area contributed by atoms with E-state index in [1.807, 2.05) is 0 Å². The highest BCUT2D eigenvalue weighted by atomic mass is 35.5. The maximum Gasteiger partial charge on any atom is 0.0226 e. The van der Waals surface area contributed by atoms with Crippen molar-refractivity contribution >= 4 is 11.6 Å². The molecule has 1 aromatic carbocycles. The van der Waals surface area contributed by atoms with Crippen molar-refractivity contribution in [3.8, 4) is 0 Å². The minimum atomic E-state index is 0.756. The summed E-state index contributed by atoms with van der Waals surface area (Å²) in [6.45, 7) is 6.50. The molecule has 0 saturated carbocycles. The van der Waals surface area contributed by atoms with E-state index in [9.17, 15) is 0 Å². The van der Waals surface area contributed by atoms with E-state index in [-0.39, 0.29) is 0 Å². The molecule has 0 N–H and O–H groups in total. The first-order valence-electron chi connectivity index (χ1n) is 4.78. The Morgan fingerprint density at radius 2 is 1.62 bits per heavy atom. The van der Waals surface area contributed by atoms with Gasteiger partial charge in [-0.1, -0.05) is 12.1 Å². The summed E-state index contributed by atoms with van der Waals surface area (Å²) in [4.78, 5) is 0. The molecule has 0 heterocycles. The van der Waals surface area contributed by atoms with Crippen LogP contribution in [-0.4, -0.2) is 5.88 Å². The second kappa shape index (κ2) is 4.66. The van der Waals surface area contributed by atoms with Crippen LogP contribution in [0.3, 0.4) is 0 Å². The molecule has 1 rings (SSSR count). The van der Waals surface area contributed by atoms with E-state index in [0.717, 1.165) is 18.7 Å². The van der Waals surface area contributed by atoms with Crippen LogP contribution in [0.4, 0.5) is 0 Å². The van der Waals surface area contributed by atoms with E-state index in [2.05, 4.69) is 32.9 Å². The lowest BCUT2D eigenvalue weighted by molar-refractivity contribution is 0.916. The van der Waals surface area contributed by atoms with E-state index in [1.54, 1.807) is 0 Å². The first kappa shape index (κ1) is 10.6. The highest BCUT2D eigenvalue weighted by Crippen LogP contribution is 2.16. The van der Waals surface area contributed by atoms with Gasteiger partial charge >= 0.3 is 0 Å². The van der Waals surface area contributed by atoms with Gasteiger partial charge in [-0.15, -0.1) is 11.6 Å². The minimum Gasteiger partial charge on any atom is -0.127 e. The van der Waals surface area contributed by atoms with Gasteiger partial charge in [0.15, 0.2) is 0 Å². The lowest BCUT2D eigenvalue weighted by atomic mass is 9.98. The quantitative estimate of drug-likeness (QED) is 0.646. The fourth-order valence-corrected chi connectivity index (χ4v) is 1.68. The molecule has 0 fully saturated rings. The molecule has 0 atom stereocenters. The van der Waals surface area contributed by atoms with Gasteiger partial charge in [0.2, 0.25) is 0 Å². The summed E-state index contributed by atoms with van der Waals surface area (Å²) < 4.78 is 0. The van der Waals surface area contributed by atoms with Gasteiger partial charge in [0.1, 0.15) is 0 Å². The average molecular weight is 197 g/mol. The maximum absolute atomic E-state index is 5.67. The summed E-state index contributed by atoms with van der Waals surface area (Å²) in [6.07, 6.45) is 2.18. The summed E-state index contributed by atoms with van der Waals surface area (Å²) in [6, 6.07) is 4.55. The number of aryl methyl sites for hydroxylation is 4. The van der Waals surface area contributed by atoms with Gasteiger partial charge in [0.25, 0.3) is 0 Å². The molecular formula is C12H17Cl. The van der Waals surface area contributed by atoms with Crippen LogP contribution in [0.15, 0.2) is 12.1 Å². The van der Waals surface area contributed by atoms with Crippen molar-refractivity contribution < 1.29 is 0 Å². The van der Waals surface area contributed by atoms with Crippen LogP contribution in [0.25, 0.3) is 0 Å². The molecule has 0 nitrogen and oxygen atoms in total. The first-order valence-corrected chi connectivity index (χ1v) is 5.31. The number of hydrogen-bond acceptors (Lipinski definition) is 0. The third-order valence-electron chi connectivity index (χ3n) is 2.53. The monoisotopic (exact) mass is 196 g/mol. The second-order valence-corrected chi connectivity index (χ2v) is 4.03. The molecule has 0 spiro atoms. The molecule has 0 amide bonds. The zero-order valence-corrected chi connectivity index (χ0v) is 9.41. The van der Waals surface area contributed by atoms with Crippen molar-refractivity contribution in [3.05, 3.63) is 34.4 Å². The summed E-state index contributed by atoms with van der Waals surface area (Å²) >= 11 is 5.67. The Morgan fingerprint density at radius 3 is 2.23 bits per heavy atom. The molecule has 1 aromatic rings. The largest absolute Gasteiger partial charge is 0.127 e. The Bertz CT molecular complexity index is 289. The standard InChI is InChI=1S/C12H17Cl/c1-9-7-11(3)12(5-4-6-13)8-10(9)2/h7-8H,4-6H2,1-3H3. The summed E-state index contributed by atoms with van der Waals surface area (Å²) in [7, 11) is 0. The van der Waals surface area contributed by atoms with Crippen LogP contribution in [0.5, 0.6) is 0 Å². The number of halogens is 1. The smallest absolute Gasteiger partial charge is 0.0226 e. The molecule has 0 unspecified atom stereocenters. The van der Waals surface area contributed by atoms with E-state index in [0.29, 0.717) is 0 Å². The molecule has 0 aliphatic carbocycles. The van der Waals surface area contributed by atoms with Crippen LogP contribution in [0.1, 0.15) is 28.7 Å². The number of hydrogen-bond donors (Lipinski definition) is 0. The normalized spacial score (nSPS) is 10.5. The maximum atomic E-state index is 5.67. The first-order chi connectivity index (χ1) is 6.15. The van der Waals surface area contributed by atoms with Crippen LogP contribution >= 0.6 is 11.6 Å². The average Bonchev–Trinajstić information content (AvgIpc) is 2.09. The molecule has 1 heteroatoms. The molecule has 0 bridgehead atoms. The zero-order chi connectivity index (χ0) is 9.84. The number of benzene rings is 1. The Kier molecular flexibility index (Phi) is 3.80. The van der Waals surface area contributed by atoms with E-state index < -0.39 is 0 Å². The predicted octanol–water partition coefficient (Wildman–Crippen LogP) is 3.78. The van der Waals surface area contributed by atoms with E-state index in [4.69, 9.17) is 11.6 Å². The van der Waals surface area contributed by atoms with Crippen molar-refractivity contribution in [1.82, 2.24) is 0 Å². The van der Waals surface area contributed by atoms with Crippen LogP contribution < -0.4 is 0 Å². The fourth-order valence-electron chi connectivity index (χ4n) is 1.55. The van der Waals surface area contributed by atoms with Gasteiger partial charge in [0, 0.05) is 5.88 Å². The lowest BCUT2D eigenvalue weighted by Crippen LogP contribution is -1.93. The fraction of sp³-hybridized carbons (Fsp3) is 0.500. The van der Waals surface area contributed by atoms with Gasteiger partial charge in [-0.05, 0) is 55.9 Å². The Hall–Kier alpha value is -0.490. The topological polar surface area (TPSA) is 0 Å². The van der Waals surface area contributed by atoms with Gasteiger partial charge < -0.3 is 0 Å². The van der Waals surface area contributed by atoms with Crippen LogP contribution in [0.2, 0.25) is 0 Å². The minimum absolute atomic E-state index is 0.756. The predicted molar refractivity (Wildman–Crippen MR) is 59.7 cm³/mol. The third kappa shape index (κ3) is 2.73. The van der Waals surface area contributed by atoms with Crippen molar-refractivity contribution in [2.75, 3.05) is 5.88 Å². The van der Waals surface area contributed by atoms with Crippen LogP contribution in [0, 0.1) is 20.8 Å². The van der Waals surface area contributed by atoms with Crippen molar-refractivity contribution in [1.29, 1.82) is 0 Å². The third-order valence-corrected chi connectivity index (χ3v) is 2.80. The van der Waals surface area contributed by atoms with Crippen molar-refractivity contribution in [3.63, 3.8) is 0 Å². The summed E-state index contributed by atoms with van der Waals surface area (Å²) in [5.74, 6) is 0.756. The number of alkyl halides is 1. The second-order valence-electron chi connectivity index (χ2n) is 3.66. The molecule has 0 aliphatic heterocycles. The van der Waals surface area contributed by atoms with Gasteiger partial charge in [-0.25, -0.2) is 0 Å². The van der Waals surface area contributed by atoms with Crippen molar-refractivity contribution in [2.45, 2.75) is 33.6 Å². The van der Waals surface area contributed by atoms with Gasteiger partial charge in [0.05, 0.1) is 0 Å². The molecule has 13 heavy (non-hydrogen) atoms. The molecular weight excluding hydrogens is 180 g/mol. The lowest BCUT2D eigenvalue weighted by Gasteiger charge is -2.08. The Morgan fingerprint density at radius 1 is 1.00 bits per heavy atom. The highest BCUT2D eigenvalue weighted by molar-refractivity contribution is 6.17. The highest BCUT2D eigenvalue weighted by Gasteiger charge is 2.00. The molecule has 0 aliphatic rings. The molecule has 0 saturated heterocycles. The van der Waals surface area contributed by atoms with E-state index >= 15 is 0 Å². The Balaban J connectivity index is 2.88. The molecule has 0 radical (unpaired) electrons. The van der Waals surface area contributed by atoms with Gasteiger partial charge in [-0.2, -0.15) is 0 Å². The Labute approximate surface area is 85.9 Å². The SMILES string of the molecule is Cc1cc(C)c(CCCCl)cc1C. The van der Waals surface area contributed by atoms with Crippen molar-refractivity contribution in [2.24, 2.45) is 0 Å². The zero-order valence-electron chi connectivity index (χ0n) is 8.65. The van der Waals surface area contributed by atoms with Crippen LogP contribution in [-0.2, 0) is 6.42 Å².